The minimum Gasteiger partial charge on any atom is -0.469 e. The fourth-order valence-electron chi connectivity index (χ4n) is 11.1. The Morgan fingerprint density at radius 2 is 1.86 bits per heavy atom. The van der Waals surface area contributed by atoms with Gasteiger partial charge in [-0.25, -0.2) is 0 Å². The Balaban J connectivity index is 1.26. The van der Waals surface area contributed by atoms with Gasteiger partial charge in [0.15, 0.2) is 0 Å². The minimum atomic E-state index is -0.583. The summed E-state index contributed by atoms with van der Waals surface area (Å²) in [4.78, 5) is 44.7. The van der Waals surface area contributed by atoms with Crippen LogP contribution in [0.15, 0.2) is 36.2 Å². The molecule has 10 atom stereocenters. The molecule has 1 heterocycles. The summed E-state index contributed by atoms with van der Waals surface area (Å²) < 4.78 is 5.45. The van der Waals surface area contributed by atoms with Crippen LogP contribution in [0, 0.1) is 57.7 Å². The summed E-state index contributed by atoms with van der Waals surface area (Å²) in [6.45, 7) is 9.86. The largest absolute Gasteiger partial charge is 0.469 e. The number of nitrogens with one attached hydrogen (secondary N) is 1. The lowest BCUT2D eigenvalue weighted by molar-refractivity contribution is -0.172. The molecule has 4 saturated carbocycles. The maximum atomic E-state index is 13.7. The molecule has 42 heavy (non-hydrogen) atoms. The number of amides is 1. The second-order valence-corrected chi connectivity index (χ2v) is 15.2. The molecule has 1 N–H and O–H groups in total. The third-order valence-electron chi connectivity index (χ3n) is 13.3. The average molecular weight is 575 g/mol. The molecule has 0 saturated heterocycles. The Bertz CT molecular complexity index is 1260. The maximum absolute atomic E-state index is 13.7. The number of esters is 1. The second-order valence-electron chi connectivity index (χ2n) is 15.2. The molecule has 1 aromatic heterocycles. The Morgan fingerprint density at radius 3 is 2.60 bits per heavy atom. The summed E-state index contributed by atoms with van der Waals surface area (Å²) in [7, 11) is 1.56. The zero-order valence-electron chi connectivity index (χ0n) is 26.3. The summed E-state index contributed by atoms with van der Waals surface area (Å²) >= 11 is 0. The van der Waals surface area contributed by atoms with Crippen LogP contribution in [-0.2, 0) is 25.5 Å². The van der Waals surface area contributed by atoms with Gasteiger partial charge in [0.1, 0.15) is 5.78 Å². The molecule has 5 aliphatic rings. The molecule has 0 aromatic carbocycles. The van der Waals surface area contributed by atoms with Gasteiger partial charge in [0.2, 0.25) is 5.91 Å². The normalized spacial score (nSPS) is 42.6. The Morgan fingerprint density at radius 1 is 1.07 bits per heavy atom. The molecular weight excluding hydrogens is 524 g/mol. The number of nitrogens with zero attached hydrogens (tertiary/aromatic N) is 1. The van der Waals surface area contributed by atoms with Crippen molar-refractivity contribution in [2.45, 2.75) is 91.9 Å². The second kappa shape index (κ2) is 10.9. The van der Waals surface area contributed by atoms with Crippen LogP contribution in [0.3, 0.4) is 0 Å². The number of Topliss-reactive ketones (excluding diaryl/α,β-unsaturated/α-hetero) is 1. The van der Waals surface area contributed by atoms with Gasteiger partial charge in [-0.2, -0.15) is 0 Å². The van der Waals surface area contributed by atoms with Crippen molar-refractivity contribution < 1.29 is 19.1 Å². The number of hydrogen-bond donors (Lipinski definition) is 1. The highest BCUT2D eigenvalue weighted by Crippen LogP contribution is 2.70. The van der Waals surface area contributed by atoms with E-state index in [4.69, 9.17) is 4.74 Å². The molecule has 6 nitrogen and oxygen atoms in total. The van der Waals surface area contributed by atoms with Crippen LogP contribution in [0.5, 0.6) is 0 Å². The predicted octanol–water partition coefficient (Wildman–Crippen LogP) is 6.34. The molecule has 1 amide bonds. The number of pyridine rings is 1. The van der Waals surface area contributed by atoms with Crippen LogP contribution in [-0.4, -0.2) is 36.3 Å². The topological polar surface area (TPSA) is 85.4 Å². The lowest BCUT2D eigenvalue weighted by Crippen LogP contribution is -2.62. The van der Waals surface area contributed by atoms with Gasteiger partial charge in [-0.1, -0.05) is 45.4 Å². The van der Waals surface area contributed by atoms with Gasteiger partial charge in [-0.05, 0) is 116 Å². The van der Waals surface area contributed by atoms with E-state index in [0.29, 0.717) is 43.1 Å². The van der Waals surface area contributed by atoms with E-state index in [-0.39, 0.29) is 45.7 Å². The maximum Gasteiger partial charge on any atom is 0.312 e. The first-order valence-corrected chi connectivity index (χ1v) is 16.5. The molecule has 6 heteroatoms. The smallest absolute Gasteiger partial charge is 0.312 e. The Kier molecular flexibility index (Phi) is 7.67. The summed E-state index contributed by atoms with van der Waals surface area (Å²) in [5, 5.41) is 3.10. The van der Waals surface area contributed by atoms with E-state index in [1.165, 1.54) is 5.57 Å². The van der Waals surface area contributed by atoms with Crippen molar-refractivity contribution in [1.82, 2.24) is 10.3 Å². The molecule has 0 radical (unpaired) electrons. The van der Waals surface area contributed by atoms with Crippen LogP contribution in [0.2, 0.25) is 0 Å². The van der Waals surface area contributed by atoms with E-state index in [0.717, 1.165) is 56.9 Å². The van der Waals surface area contributed by atoms with Crippen molar-refractivity contribution in [1.29, 1.82) is 0 Å². The van der Waals surface area contributed by atoms with Crippen molar-refractivity contribution in [2.24, 2.45) is 57.7 Å². The van der Waals surface area contributed by atoms with Crippen molar-refractivity contribution in [3.8, 4) is 0 Å². The van der Waals surface area contributed by atoms with Gasteiger partial charge in [0.25, 0.3) is 0 Å². The molecule has 5 aliphatic carbocycles. The number of rotatable bonds is 5. The standard InChI is InChI=1S/C36H50N2O4/c1-22-10-15-36(33(41)42-5)16-12-28-25(29(36)19-22)8-9-30-34(28,3)14-11-27-23(2)31(39)26(20-35(27,30)4)32(40)38-18-13-24-7-6-17-37-21-24/h6-8,17,21-23,26-30H,9-16,18-20H2,1-5H3,(H,38,40)/t22?,23-,26?,27?,28?,29?,30?,34+,35?,36+/m1/s1. The number of allylic oxidation sites excluding steroid dienone is 2. The van der Waals surface area contributed by atoms with Crippen molar-refractivity contribution >= 4 is 17.7 Å². The van der Waals surface area contributed by atoms with E-state index in [1.54, 1.807) is 13.3 Å². The van der Waals surface area contributed by atoms with E-state index in [9.17, 15) is 14.4 Å². The fourth-order valence-corrected chi connectivity index (χ4v) is 11.1. The van der Waals surface area contributed by atoms with Crippen LogP contribution in [0.4, 0.5) is 0 Å². The third-order valence-corrected chi connectivity index (χ3v) is 13.3. The minimum absolute atomic E-state index is 0.00121. The van der Waals surface area contributed by atoms with E-state index in [1.807, 2.05) is 18.3 Å². The highest BCUT2D eigenvalue weighted by atomic mass is 16.5. The lowest BCUT2D eigenvalue weighted by atomic mass is 9.38. The van der Waals surface area contributed by atoms with E-state index >= 15 is 0 Å². The first kappa shape index (κ1) is 29.6. The van der Waals surface area contributed by atoms with Crippen LogP contribution in [0.25, 0.3) is 0 Å². The molecule has 228 valence electrons. The van der Waals surface area contributed by atoms with E-state index < -0.39 is 5.92 Å². The Hall–Kier alpha value is -2.50. The van der Waals surface area contributed by atoms with Crippen molar-refractivity contribution in [2.75, 3.05) is 13.7 Å². The number of carbonyl (C=O) groups is 3. The summed E-state index contributed by atoms with van der Waals surface area (Å²) in [5.41, 5.74) is 2.28. The third kappa shape index (κ3) is 4.49. The molecule has 1 aromatic rings. The summed E-state index contributed by atoms with van der Waals surface area (Å²) in [6.07, 6.45) is 15.6. The summed E-state index contributed by atoms with van der Waals surface area (Å²) in [5.74, 6) is 1.42. The first-order valence-electron chi connectivity index (χ1n) is 16.5. The van der Waals surface area contributed by atoms with Gasteiger partial charge < -0.3 is 10.1 Å². The first-order chi connectivity index (χ1) is 20.0. The van der Waals surface area contributed by atoms with Crippen LogP contribution < -0.4 is 5.32 Å². The quantitative estimate of drug-likeness (QED) is 0.252. The number of ether oxygens (including phenoxy) is 1. The predicted molar refractivity (Wildman–Crippen MR) is 162 cm³/mol. The van der Waals surface area contributed by atoms with Crippen LogP contribution in [0.1, 0.15) is 91.0 Å². The number of ketones is 1. The highest BCUT2D eigenvalue weighted by Gasteiger charge is 2.65. The van der Waals surface area contributed by atoms with Gasteiger partial charge in [0, 0.05) is 24.9 Å². The molecule has 4 fully saturated rings. The van der Waals surface area contributed by atoms with E-state index in [2.05, 4.69) is 44.1 Å². The number of hydrogen-bond acceptors (Lipinski definition) is 5. The number of aromatic nitrogens is 1. The molecule has 7 unspecified atom stereocenters. The zero-order valence-corrected chi connectivity index (χ0v) is 26.3. The molecular formula is C36H50N2O4. The van der Waals surface area contributed by atoms with Crippen molar-refractivity contribution in [3.05, 3.63) is 41.7 Å². The van der Waals surface area contributed by atoms with Crippen LogP contribution >= 0.6 is 0 Å². The highest BCUT2D eigenvalue weighted by molar-refractivity contribution is 6.03. The SMILES string of the molecule is COC(=O)[C@]12CCC(C)CC1C1=CCC3C4(C)CC(C(=O)NCCc5cccnc5)C(=O)[C@H](C)C4CC[C@@]3(C)C1CC2. The number of carbonyl (C=O) groups excluding carboxylic acids is 3. The average Bonchev–Trinajstić information content (AvgIpc) is 2.98. The molecule has 0 aliphatic heterocycles. The molecule has 6 rings (SSSR count). The van der Waals surface area contributed by atoms with Crippen molar-refractivity contribution in [3.63, 3.8) is 0 Å². The molecule has 0 bridgehead atoms. The van der Waals surface area contributed by atoms with Gasteiger partial charge >= 0.3 is 5.97 Å². The lowest BCUT2D eigenvalue weighted by Gasteiger charge is -2.66. The molecule has 0 spiro atoms. The zero-order chi connectivity index (χ0) is 29.9. The van der Waals surface area contributed by atoms with Gasteiger partial charge in [0.05, 0.1) is 18.4 Å². The monoisotopic (exact) mass is 574 g/mol. The van der Waals surface area contributed by atoms with Gasteiger partial charge in [-0.3, -0.25) is 19.4 Å². The summed E-state index contributed by atoms with van der Waals surface area (Å²) in [6, 6.07) is 3.92. The Labute approximate surface area is 251 Å². The van der Waals surface area contributed by atoms with Gasteiger partial charge in [-0.15, -0.1) is 0 Å². The fraction of sp³-hybridized carbons (Fsp3) is 0.722. The number of fused-ring (bicyclic) bond motifs is 7. The number of methoxy groups -OCH3 is 1.